The van der Waals surface area contributed by atoms with Crippen molar-refractivity contribution in [3.05, 3.63) is 102 Å². The summed E-state index contributed by atoms with van der Waals surface area (Å²) in [5.41, 5.74) is 2.96. The summed E-state index contributed by atoms with van der Waals surface area (Å²) < 4.78 is 17.8. The van der Waals surface area contributed by atoms with E-state index in [0.717, 1.165) is 40.3 Å². The summed E-state index contributed by atoms with van der Waals surface area (Å²) in [6.45, 7) is 1.06. The molecule has 4 aromatic rings. The summed E-state index contributed by atoms with van der Waals surface area (Å²) >= 11 is 0. The number of rotatable bonds is 9. The maximum absolute atomic E-state index is 12.4. The number of aliphatic carboxylic acids is 1. The summed E-state index contributed by atoms with van der Waals surface area (Å²) in [6.07, 6.45) is 2.46. The number of hydrogen-bond acceptors (Lipinski definition) is 5. The molecule has 2 atom stereocenters. The van der Waals surface area contributed by atoms with Crippen LogP contribution in [0.1, 0.15) is 42.0 Å². The standard InChI is InChI=1S/C32H33NO5/c1-36-28-19-26(20-29(37-2)31(28)38-21-22-10-4-3-5-11-22)30(33-17-9-8-14-27(33)32(34)35)25-16-15-23-12-6-7-13-24(23)18-25/h3-7,10-13,15-16,18-20,27,30H,8-9,14,17,21H2,1-2H3,(H,34,35). The highest BCUT2D eigenvalue weighted by Gasteiger charge is 2.36. The van der Waals surface area contributed by atoms with Crippen LogP contribution >= 0.6 is 0 Å². The van der Waals surface area contributed by atoms with Gasteiger partial charge in [0.05, 0.1) is 20.3 Å². The molecule has 1 saturated heterocycles. The van der Waals surface area contributed by atoms with Gasteiger partial charge in [0.15, 0.2) is 11.5 Å². The van der Waals surface area contributed by atoms with Crippen molar-refractivity contribution in [2.45, 2.75) is 38.0 Å². The van der Waals surface area contributed by atoms with Gasteiger partial charge in [0.25, 0.3) is 0 Å². The van der Waals surface area contributed by atoms with Crippen molar-refractivity contribution in [1.29, 1.82) is 0 Å². The second-order valence-electron chi connectivity index (χ2n) is 9.63. The normalized spacial score (nSPS) is 16.6. The van der Waals surface area contributed by atoms with Gasteiger partial charge in [-0.25, -0.2) is 0 Å². The monoisotopic (exact) mass is 511 g/mol. The van der Waals surface area contributed by atoms with Gasteiger partial charge in [-0.05, 0) is 65.0 Å². The molecule has 0 radical (unpaired) electrons. The molecular formula is C32H33NO5. The van der Waals surface area contributed by atoms with Crippen LogP contribution in [0.25, 0.3) is 10.8 Å². The first-order chi connectivity index (χ1) is 18.6. The third kappa shape index (κ3) is 5.31. The van der Waals surface area contributed by atoms with Crippen molar-refractivity contribution in [2.75, 3.05) is 20.8 Å². The van der Waals surface area contributed by atoms with Gasteiger partial charge in [-0.2, -0.15) is 0 Å². The average Bonchev–Trinajstić information content (AvgIpc) is 2.96. The average molecular weight is 512 g/mol. The van der Waals surface area contributed by atoms with Crippen molar-refractivity contribution in [3.8, 4) is 17.2 Å². The van der Waals surface area contributed by atoms with Crippen LogP contribution in [0.15, 0.2) is 84.9 Å². The molecule has 0 saturated carbocycles. The zero-order valence-corrected chi connectivity index (χ0v) is 21.8. The second-order valence-corrected chi connectivity index (χ2v) is 9.63. The maximum Gasteiger partial charge on any atom is 0.320 e. The van der Waals surface area contributed by atoms with E-state index in [4.69, 9.17) is 14.2 Å². The molecule has 1 aliphatic heterocycles. The van der Waals surface area contributed by atoms with Crippen LogP contribution in [0.3, 0.4) is 0 Å². The molecule has 5 rings (SSSR count). The van der Waals surface area contributed by atoms with Gasteiger partial charge in [-0.1, -0.05) is 73.2 Å². The number of carboxylic acid groups (broad SMARTS) is 1. The number of ether oxygens (including phenoxy) is 3. The fraction of sp³-hybridized carbons (Fsp3) is 0.281. The molecule has 38 heavy (non-hydrogen) atoms. The van der Waals surface area contributed by atoms with Crippen molar-refractivity contribution >= 4 is 16.7 Å². The Morgan fingerprint density at radius 3 is 2.24 bits per heavy atom. The molecule has 0 spiro atoms. The highest BCUT2D eigenvalue weighted by Crippen LogP contribution is 2.44. The van der Waals surface area contributed by atoms with E-state index < -0.39 is 12.0 Å². The first-order valence-electron chi connectivity index (χ1n) is 13.0. The summed E-state index contributed by atoms with van der Waals surface area (Å²) in [5.74, 6) is 0.820. The fourth-order valence-electron chi connectivity index (χ4n) is 5.41. The molecular weight excluding hydrogens is 478 g/mol. The van der Waals surface area contributed by atoms with E-state index in [1.165, 1.54) is 0 Å². The molecule has 196 valence electrons. The van der Waals surface area contributed by atoms with Crippen LogP contribution in [0.2, 0.25) is 0 Å². The van der Waals surface area contributed by atoms with E-state index in [-0.39, 0.29) is 6.04 Å². The predicted octanol–water partition coefficient (Wildman–Crippen LogP) is 6.46. The van der Waals surface area contributed by atoms with E-state index in [9.17, 15) is 9.90 Å². The second kappa shape index (κ2) is 11.6. The smallest absolute Gasteiger partial charge is 0.320 e. The third-order valence-corrected chi connectivity index (χ3v) is 7.27. The topological polar surface area (TPSA) is 68.2 Å². The molecule has 0 aromatic heterocycles. The number of piperidine rings is 1. The van der Waals surface area contributed by atoms with Gasteiger partial charge in [0, 0.05) is 0 Å². The Balaban J connectivity index is 1.61. The molecule has 1 aliphatic rings. The minimum Gasteiger partial charge on any atom is -0.493 e. The van der Waals surface area contributed by atoms with Gasteiger partial charge >= 0.3 is 5.97 Å². The number of nitrogens with zero attached hydrogens (tertiary/aromatic N) is 1. The molecule has 0 bridgehead atoms. The maximum atomic E-state index is 12.4. The van der Waals surface area contributed by atoms with Crippen LogP contribution in [0, 0.1) is 0 Å². The lowest BCUT2D eigenvalue weighted by Crippen LogP contribution is -2.46. The number of carbonyl (C=O) groups is 1. The minimum atomic E-state index is -0.794. The fourth-order valence-corrected chi connectivity index (χ4v) is 5.41. The van der Waals surface area contributed by atoms with Crippen molar-refractivity contribution < 1.29 is 24.1 Å². The van der Waals surface area contributed by atoms with E-state index in [1.807, 2.05) is 54.6 Å². The first-order valence-corrected chi connectivity index (χ1v) is 13.0. The molecule has 0 amide bonds. The van der Waals surface area contributed by atoms with Gasteiger partial charge in [0.2, 0.25) is 5.75 Å². The van der Waals surface area contributed by atoms with E-state index in [1.54, 1.807) is 14.2 Å². The molecule has 4 aromatic carbocycles. The molecule has 1 heterocycles. The largest absolute Gasteiger partial charge is 0.493 e. The van der Waals surface area contributed by atoms with Gasteiger partial charge in [0.1, 0.15) is 12.6 Å². The van der Waals surface area contributed by atoms with Crippen molar-refractivity contribution in [2.24, 2.45) is 0 Å². The number of fused-ring (bicyclic) bond motifs is 1. The minimum absolute atomic E-state index is 0.299. The summed E-state index contributed by atoms with van der Waals surface area (Å²) in [6, 6.07) is 27.5. The van der Waals surface area contributed by atoms with E-state index >= 15 is 0 Å². The third-order valence-electron chi connectivity index (χ3n) is 7.27. The Bertz CT molecular complexity index is 1380. The van der Waals surface area contributed by atoms with Crippen LogP contribution in [0.5, 0.6) is 17.2 Å². The number of likely N-dealkylation sites (tertiary alicyclic amines) is 1. The molecule has 0 aliphatic carbocycles. The summed E-state index contributed by atoms with van der Waals surface area (Å²) in [4.78, 5) is 14.5. The van der Waals surface area contributed by atoms with E-state index in [2.05, 4.69) is 35.2 Å². The Labute approximate surface area is 223 Å². The molecule has 2 unspecified atom stereocenters. The number of methoxy groups -OCH3 is 2. The lowest BCUT2D eigenvalue weighted by molar-refractivity contribution is -0.145. The number of hydrogen-bond donors (Lipinski definition) is 1. The van der Waals surface area contributed by atoms with Crippen molar-refractivity contribution in [1.82, 2.24) is 4.90 Å². The highest BCUT2D eigenvalue weighted by molar-refractivity contribution is 5.83. The Morgan fingerprint density at radius 1 is 0.868 bits per heavy atom. The zero-order chi connectivity index (χ0) is 26.5. The van der Waals surface area contributed by atoms with Crippen LogP contribution < -0.4 is 14.2 Å². The summed E-state index contributed by atoms with van der Waals surface area (Å²) in [5, 5.41) is 12.4. The highest BCUT2D eigenvalue weighted by atomic mass is 16.5. The lowest BCUT2D eigenvalue weighted by atomic mass is 9.90. The Kier molecular flexibility index (Phi) is 7.80. The van der Waals surface area contributed by atoms with Crippen LogP contribution in [-0.4, -0.2) is 42.8 Å². The van der Waals surface area contributed by atoms with Crippen LogP contribution in [-0.2, 0) is 11.4 Å². The lowest BCUT2D eigenvalue weighted by Gasteiger charge is -2.40. The SMILES string of the molecule is COc1cc(C(c2ccc3ccccc3c2)N2CCCCC2C(=O)O)cc(OC)c1OCc1ccccc1. The van der Waals surface area contributed by atoms with Gasteiger partial charge < -0.3 is 19.3 Å². The predicted molar refractivity (Wildman–Crippen MR) is 148 cm³/mol. The molecule has 1 N–H and O–H groups in total. The first kappa shape index (κ1) is 25.6. The Hall–Kier alpha value is -4.03. The Morgan fingerprint density at radius 2 is 1.55 bits per heavy atom. The molecule has 6 heteroatoms. The molecule has 1 fully saturated rings. The number of benzene rings is 4. The van der Waals surface area contributed by atoms with Gasteiger partial charge in [-0.15, -0.1) is 0 Å². The zero-order valence-electron chi connectivity index (χ0n) is 21.8. The molecule has 6 nitrogen and oxygen atoms in total. The van der Waals surface area contributed by atoms with E-state index in [0.29, 0.717) is 36.8 Å². The number of carboxylic acids is 1. The van der Waals surface area contributed by atoms with Gasteiger partial charge in [-0.3, -0.25) is 9.69 Å². The summed E-state index contributed by atoms with van der Waals surface area (Å²) in [7, 11) is 3.22. The quantitative estimate of drug-likeness (QED) is 0.278. The van der Waals surface area contributed by atoms with Crippen LogP contribution in [0.4, 0.5) is 0 Å². The van der Waals surface area contributed by atoms with Crippen molar-refractivity contribution in [3.63, 3.8) is 0 Å².